The first-order chi connectivity index (χ1) is 17.9. The van der Waals surface area contributed by atoms with Gasteiger partial charge < -0.3 is 4.57 Å². The van der Waals surface area contributed by atoms with Crippen molar-refractivity contribution in [2.75, 3.05) is 0 Å². The molecule has 0 spiro atoms. The molecule has 0 radical (unpaired) electrons. The van der Waals surface area contributed by atoms with Gasteiger partial charge in [0.15, 0.2) is 11.6 Å². The van der Waals surface area contributed by atoms with Gasteiger partial charge in [-0.25, -0.2) is 0 Å². The monoisotopic (exact) mass is 485 g/mol. The zero-order valence-electron chi connectivity index (χ0n) is 21.7. The summed E-state index contributed by atoms with van der Waals surface area (Å²) in [5.74, 6) is 0.699. The number of aryl methyl sites for hydroxylation is 1. The Morgan fingerprint density at radius 3 is 2.11 bits per heavy atom. The highest BCUT2D eigenvalue weighted by Crippen LogP contribution is 2.37. The van der Waals surface area contributed by atoms with Crippen LogP contribution in [-0.2, 0) is 13.0 Å². The molecule has 0 fully saturated rings. The lowest BCUT2D eigenvalue weighted by atomic mass is 9.96. The number of benzene rings is 4. The van der Waals surface area contributed by atoms with Crippen molar-refractivity contribution in [3.63, 3.8) is 0 Å². The zero-order chi connectivity index (χ0) is 25.7. The van der Waals surface area contributed by atoms with E-state index in [0.717, 1.165) is 52.3 Å². The molecular weight excluding hydrogens is 454 g/mol. The molecule has 1 aliphatic rings. The van der Waals surface area contributed by atoms with Crippen molar-refractivity contribution in [3.8, 4) is 11.1 Å². The molecule has 0 aliphatic heterocycles. The Labute approximate surface area is 217 Å². The van der Waals surface area contributed by atoms with E-state index < -0.39 is 0 Å². The third kappa shape index (κ3) is 3.99. The molecule has 0 atom stereocenters. The van der Waals surface area contributed by atoms with Gasteiger partial charge in [-0.2, -0.15) is 0 Å². The van der Waals surface area contributed by atoms with Crippen molar-refractivity contribution in [2.45, 2.75) is 46.6 Å². The molecule has 3 heteroatoms. The van der Waals surface area contributed by atoms with Crippen molar-refractivity contribution < 1.29 is 9.59 Å². The minimum absolute atomic E-state index is 0.0237. The van der Waals surface area contributed by atoms with Crippen molar-refractivity contribution in [2.24, 2.45) is 5.92 Å². The van der Waals surface area contributed by atoms with Crippen LogP contribution in [0.15, 0.2) is 78.9 Å². The molecule has 37 heavy (non-hydrogen) atoms. The number of nitrogens with zero attached hydrogens (tertiary/aromatic N) is 1. The van der Waals surface area contributed by atoms with Crippen LogP contribution in [0.1, 0.15) is 71.0 Å². The Kier molecular flexibility index (Phi) is 5.79. The Hall–Kier alpha value is -3.98. The molecule has 1 aromatic heterocycles. The minimum Gasteiger partial charge on any atom is -0.341 e. The summed E-state index contributed by atoms with van der Waals surface area (Å²) in [5, 5.41) is 2.05. The lowest BCUT2D eigenvalue weighted by molar-refractivity contribution is 0.0974. The summed E-state index contributed by atoms with van der Waals surface area (Å²) in [5.41, 5.74) is 9.28. The summed E-state index contributed by atoms with van der Waals surface area (Å²) in [4.78, 5) is 26.6. The summed E-state index contributed by atoms with van der Waals surface area (Å²) in [6.45, 7) is 7.23. The number of carbonyl (C=O) groups excluding carboxylic acids is 2. The number of rotatable bonds is 7. The quantitative estimate of drug-likeness (QED) is 0.214. The molecule has 0 amide bonds. The molecule has 184 valence electrons. The van der Waals surface area contributed by atoms with Gasteiger partial charge in [-0.05, 0) is 90.4 Å². The van der Waals surface area contributed by atoms with E-state index in [1.807, 2.05) is 30.3 Å². The molecule has 0 saturated heterocycles. The number of fused-ring (bicyclic) bond motifs is 6. The van der Waals surface area contributed by atoms with Crippen LogP contribution in [0.2, 0.25) is 0 Å². The summed E-state index contributed by atoms with van der Waals surface area (Å²) in [6.07, 6.45) is 2.36. The molecule has 1 heterocycles. The smallest absolute Gasteiger partial charge is 0.193 e. The second kappa shape index (κ2) is 9.15. The maximum Gasteiger partial charge on any atom is 0.193 e. The van der Waals surface area contributed by atoms with Crippen LogP contribution in [0.5, 0.6) is 0 Å². The lowest BCUT2D eigenvalue weighted by Gasteiger charge is -2.07. The number of hydrogen-bond acceptors (Lipinski definition) is 2. The zero-order valence-corrected chi connectivity index (χ0v) is 21.7. The molecule has 4 aromatic carbocycles. The fraction of sp³-hybridized carbons (Fsp3) is 0.235. The first-order valence-electron chi connectivity index (χ1n) is 13.3. The molecule has 0 N–H and O–H groups in total. The average Bonchev–Trinajstić information content (AvgIpc) is 3.45. The van der Waals surface area contributed by atoms with Gasteiger partial charge in [-0.1, -0.05) is 50.2 Å². The molecule has 0 unspecified atom stereocenters. The Bertz CT molecular complexity index is 1700. The van der Waals surface area contributed by atoms with Crippen molar-refractivity contribution in [1.82, 2.24) is 4.57 Å². The van der Waals surface area contributed by atoms with Crippen LogP contribution < -0.4 is 0 Å². The first kappa shape index (κ1) is 23.4. The Balaban J connectivity index is 1.42. The van der Waals surface area contributed by atoms with E-state index in [1.165, 1.54) is 16.7 Å². The molecule has 6 rings (SSSR count). The SMILES string of the molecule is CCn1c2ccc(C(=O)CCC(C)C)cc2c2cc(C(=O)c3ccc4c(c3)-c3ccccc3C4)ccc21. The third-order valence-corrected chi connectivity index (χ3v) is 7.77. The van der Waals surface area contributed by atoms with Crippen molar-refractivity contribution >= 4 is 33.4 Å². The van der Waals surface area contributed by atoms with E-state index in [0.29, 0.717) is 23.5 Å². The Morgan fingerprint density at radius 2 is 1.38 bits per heavy atom. The lowest BCUT2D eigenvalue weighted by Crippen LogP contribution is -2.02. The van der Waals surface area contributed by atoms with Gasteiger partial charge in [0.05, 0.1) is 0 Å². The standard InChI is InChI=1S/C34H31NO2/c1-4-35-31-14-12-24(33(36)16-9-21(2)3)18-29(31)30-20-26(13-15-32(30)35)34(37)25-11-10-23-17-22-7-5-6-8-27(22)28(23)19-25/h5-8,10-15,18-21H,4,9,16-17H2,1-3H3. The predicted octanol–water partition coefficient (Wildman–Crippen LogP) is 8.24. The minimum atomic E-state index is 0.0237. The fourth-order valence-electron chi connectivity index (χ4n) is 5.76. The second-order valence-corrected chi connectivity index (χ2v) is 10.6. The van der Waals surface area contributed by atoms with Gasteiger partial charge in [0.1, 0.15) is 0 Å². The van der Waals surface area contributed by atoms with E-state index in [-0.39, 0.29) is 11.6 Å². The molecule has 0 saturated carbocycles. The third-order valence-electron chi connectivity index (χ3n) is 7.77. The van der Waals surface area contributed by atoms with Crippen LogP contribution in [-0.4, -0.2) is 16.1 Å². The number of ketones is 2. The normalized spacial score (nSPS) is 12.3. The first-order valence-corrected chi connectivity index (χ1v) is 13.3. The second-order valence-electron chi connectivity index (χ2n) is 10.6. The summed E-state index contributed by atoms with van der Waals surface area (Å²) in [7, 11) is 0. The van der Waals surface area contributed by atoms with E-state index in [9.17, 15) is 9.59 Å². The summed E-state index contributed by atoms with van der Waals surface area (Å²) in [6, 6.07) is 26.6. The summed E-state index contributed by atoms with van der Waals surface area (Å²) < 4.78 is 2.26. The predicted molar refractivity (Wildman–Crippen MR) is 152 cm³/mol. The van der Waals surface area contributed by atoms with Crippen LogP contribution in [0.25, 0.3) is 32.9 Å². The maximum atomic E-state index is 13.7. The Morgan fingerprint density at radius 1 is 0.757 bits per heavy atom. The molecule has 1 aliphatic carbocycles. The number of carbonyl (C=O) groups is 2. The van der Waals surface area contributed by atoms with Gasteiger partial charge in [0.2, 0.25) is 0 Å². The number of hydrogen-bond donors (Lipinski definition) is 0. The van der Waals surface area contributed by atoms with E-state index in [2.05, 4.69) is 73.9 Å². The van der Waals surface area contributed by atoms with Crippen LogP contribution in [0, 0.1) is 5.92 Å². The van der Waals surface area contributed by atoms with E-state index >= 15 is 0 Å². The number of Topliss-reactive ketones (excluding diaryl/α,β-unsaturated/α-hetero) is 1. The van der Waals surface area contributed by atoms with Gasteiger partial charge in [-0.3, -0.25) is 9.59 Å². The van der Waals surface area contributed by atoms with Crippen LogP contribution in [0.4, 0.5) is 0 Å². The van der Waals surface area contributed by atoms with Gasteiger partial charge in [0.25, 0.3) is 0 Å². The van der Waals surface area contributed by atoms with Crippen LogP contribution in [0.3, 0.4) is 0 Å². The van der Waals surface area contributed by atoms with Gasteiger partial charge in [0, 0.05) is 51.5 Å². The number of aromatic nitrogens is 1. The van der Waals surface area contributed by atoms with E-state index in [1.54, 1.807) is 0 Å². The molecule has 5 aromatic rings. The highest BCUT2D eigenvalue weighted by molar-refractivity contribution is 6.16. The van der Waals surface area contributed by atoms with Crippen LogP contribution >= 0.6 is 0 Å². The molecule has 0 bridgehead atoms. The van der Waals surface area contributed by atoms with Gasteiger partial charge in [-0.15, -0.1) is 0 Å². The van der Waals surface area contributed by atoms with E-state index in [4.69, 9.17) is 0 Å². The highest BCUT2D eigenvalue weighted by Gasteiger charge is 2.21. The van der Waals surface area contributed by atoms with Gasteiger partial charge >= 0.3 is 0 Å². The van der Waals surface area contributed by atoms with Crippen molar-refractivity contribution in [3.05, 3.63) is 107 Å². The average molecular weight is 486 g/mol. The molecule has 3 nitrogen and oxygen atoms in total. The fourth-order valence-corrected chi connectivity index (χ4v) is 5.76. The summed E-state index contributed by atoms with van der Waals surface area (Å²) >= 11 is 0. The topological polar surface area (TPSA) is 39.1 Å². The molecular formula is C34H31NO2. The highest BCUT2D eigenvalue weighted by atomic mass is 16.1. The maximum absolute atomic E-state index is 13.7. The van der Waals surface area contributed by atoms with Crippen molar-refractivity contribution in [1.29, 1.82) is 0 Å². The largest absolute Gasteiger partial charge is 0.341 e.